The maximum atomic E-state index is 13.6. The molecule has 4 rings (SSSR count). The van der Waals surface area contributed by atoms with Crippen LogP contribution in [0.15, 0.2) is 76.8 Å². The van der Waals surface area contributed by atoms with Gasteiger partial charge in [0.25, 0.3) is 10.0 Å². The Bertz CT molecular complexity index is 1240. The Morgan fingerprint density at radius 3 is 2.31 bits per heavy atom. The van der Waals surface area contributed by atoms with Crippen LogP contribution >= 0.6 is 0 Å². The molecule has 1 aliphatic heterocycles. The Labute approximate surface area is 187 Å². The van der Waals surface area contributed by atoms with Crippen LogP contribution < -0.4 is 0 Å². The van der Waals surface area contributed by atoms with Crippen LogP contribution in [0.2, 0.25) is 0 Å². The van der Waals surface area contributed by atoms with Crippen LogP contribution in [0.1, 0.15) is 22.6 Å². The van der Waals surface area contributed by atoms with E-state index in [-0.39, 0.29) is 17.0 Å². The molecule has 166 valence electrons. The van der Waals surface area contributed by atoms with Gasteiger partial charge in [-0.1, -0.05) is 48.0 Å². The molecule has 0 radical (unpaired) electrons. The fourth-order valence-electron chi connectivity index (χ4n) is 4.14. The molecule has 0 bridgehead atoms. The number of hydrogen-bond donors (Lipinski definition) is 0. The van der Waals surface area contributed by atoms with Gasteiger partial charge < -0.3 is 9.47 Å². The summed E-state index contributed by atoms with van der Waals surface area (Å²) in [5.41, 5.74) is 3.17. The first kappa shape index (κ1) is 21.8. The zero-order valence-corrected chi connectivity index (χ0v) is 18.8. The number of hydrogen-bond acceptors (Lipinski definition) is 6. The summed E-state index contributed by atoms with van der Waals surface area (Å²) in [6, 6.07) is 14.1. The van der Waals surface area contributed by atoms with Gasteiger partial charge in [-0.25, -0.2) is 13.2 Å². The third-order valence-corrected chi connectivity index (χ3v) is 7.60. The lowest BCUT2D eigenvalue weighted by Crippen LogP contribution is -2.39. The SMILES string of the molecule is COC(=O)C1=CC2C(=CC1C(=O)OC)N(S(=O)(=O)c1ccc(C)cc1)Cc1ccccc12. The largest absolute Gasteiger partial charge is 0.468 e. The van der Waals surface area contributed by atoms with E-state index in [2.05, 4.69) is 0 Å². The summed E-state index contributed by atoms with van der Waals surface area (Å²) in [6.45, 7) is 2.00. The Kier molecular flexibility index (Phi) is 5.64. The molecule has 1 heterocycles. The molecule has 7 nitrogen and oxygen atoms in total. The molecule has 0 spiro atoms. The first-order valence-electron chi connectivity index (χ1n) is 10.0. The number of carbonyl (C=O) groups excluding carboxylic acids is 2. The first-order chi connectivity index (χ1) is 15.3. The van der Waals surface area contributed by atoms with Gasteiger partial charge in [-0.15, -0.1) is 0 Å². The number of esters is 2. The zero-order chi connectivity index (χ0) is 23.0. The maximum Gasteiger partial charge on any atom is 0.334 e. The van der Waals surface area contributed by atoms with Crippen LogP contribution in [0.4, 0.5) is 0 Å². The molecule has 0 amide bonds. The second kappa shape index (κ2) is 8.27. The summed E-state index contributed by atoms with van der Waals surface area (Å²) in [5, 5.41) is 0. The van der Waals surface area contributed by atoms with E-state index < -0.39 is 33.8 Å². The van der Waals surface area contributed by atoms with E-state index in [1.165, 1.54) is 24.6 Å². The van der Waals surface area contributed by atoms with Crippen LogP contribution in [-0.4, -0.2) is 38.9 Å². The van der Waals surface area contributed by atoms with Crippen molar-refractivity contribution in [2.45, 2.75) is 24.3 Å². The number of rotatable bonds is 4. The van der Waals surface area contributed by atoms with Gasteiger partial charge in [-0.2, -0.15) is 0 Å². The van der Waals surface area contributed by atoms with E-state index >= 15 is 0 Å². The zero-order valence-electron chi connectivity index (χ0n) is 17.9. The number of benzene rings is 2. The summed E-state index contributed by atoms with van der Waals surface area (Å²) in [6.07, 6.45) is 3.11. The Hall–Kier alpha value is -3.39. The molecular weight excluding hydrogens is 430 g/mol. The van der Waals surface area contributed by atoms with Crippen LogP contribution in [0.5, 0.6) is 0 Å². The lowest BCUT2D eigenvalue weighted by atomic mass is 9.79. The van der Waals surface area contributed by atoms with Crippen molar-refractivity contribution in [3.05, 3.63) is 88.6 Å². The third-order valence-electron chi connectivity index (χ3n) is 5.81. The average molecular weight is 454 g/mol. The molecule has 0 aromatic heterocycles. The highest BCUT2D eigenvalue weighted by atomic mass is 32.2. The summed E-state index contributed by atoms with van der Waals surface area (Å²) in [4.78, 5) is 25.1. The molecule has 1 aliphatic carbocycles. The van der Waals surface area contributed by atoms with Crippen molar-refractivity contribution in [2.24, 2.45) is 5.92 Å². The molecule has 2 unspecified atom stereocenters. The molecule has 0 fully saturated rings. The fourth-order valence-corrected chi connectivity index (χ4v) is 5.64. The quantitative estimate of drug-likeness (QED) is 0.661. The predicted octanol–water partition coefficient (Wildman–Crippen LogP) is 3.07. The Morgan fingerprint density at radius 1 is 0.969 bits per heavy atom. The van der Waals surface area contributed by atoms with Gasteiger partial charge in [0.2, 0.25) is 0 Å². The highest BCUT2D eigenvalue weighted by Crippen LogP contribution is 2.44. The molecule has 32 heavy (non-hydrogen) atoms. The van der Waals surface area contributed by atoms with Crippen molar-refractivity contribution in [1.82, 2.24) is 4.31 Å². The minimum atomic E-state index is -3.92. The maximum absolute atomic E-state index is 13.6. The lowest BCUT2D eigenvalue weighted by Gasteiger charge is -2.39. The molecule has 2 aliphatic rings. The second-order valence-corrected chi connectivity index (χ2v) is 9.57. The summed E-state index contributed by atoms with van der Waals surface area (Å²) < 4.78 is 38.3. The van der Waals surface area contributed by atoms with Crippen LogP contribution in [-0.2, 0) is 35.6 Å². The highest BCUT2D eigenvalue weighted by molar-refractivity contribution is 7.89. The lowest BCUT2D eigenvalue weighted by molar-refractivity contribution is -0.146. The topological polar surface area (TPSA) is 90.0 Å². The van der Waals surface area contributed by atoms with Gasteiger partial charge in [-0.05, 0) is 36.3 Å². The van der Waals surface area contributed by atoms with E-state index in [9.17, 15) is 18.0 Å². The smallest absolute Gasteiger partial charge is 0.334 e. The molecule has 0 saturated carbocycles. The summed E-state index contributed by atoms with van der Waals surface area (Å²) >= 11 is 0. The number of ether oxygens (including phenoxy) is 2. The molecule has 2 aromatic carbocycles. The van der Waals surface area contributed by atoms with Crippen molar-refractivity contribution in [1.29, 1.82) is 0 Å². The summed E-state index contributed by atoms with van der Waals surface area (Å²) in [5.74, 6) is -2.93. The third kappa shape index (κ3) is 3.60. The fraction of sp³-hybridized carbons (Fsp3) is 0.250. The van der Waals surface area contributed by atoms with Gasteiger partial charge in [0.05, 0.1) is 31.2 Å². The van der Waals surface area contributed by atoms with Crippen molar-refractivity contribution < 1.29 is 27.5 Å². The molecule has 0 N–H and O–H groups in total. The van der Waals surface area contributed by atoms with E-state index in [0.29, 0.717) is 5.70 Å². The Morgan fingerprint density at radius 2 is 1.66 bits per heavy atom. The molecule has 8 heteroatoms. The summed E-state index contributed by atoms with van der Waals surface area (Å²) in [7, 11) is -1.47. The van der Waals surface area contributed by atoms with Crippen LogP contribution in [0.3, 0.4) is 0 Å². The molecule has 2 atom stereocenters. The number of carbonyl (C=O) groups is 2. The van der Waals surface area contributed by atoms with Crippen LogP contribution in [0.25, 0.3) is 0 Å². The number of methoxy groups -OCH3 is 2. The minimum Gasteiger partial charge on any atom is -0.468 e. The molecular formula is C24H23NO6S. The number of nitrogens with zero attached hydrogens (tertiary/aromatic N) is 1. The first-order valence-corrected chi connectivity index (χ1v) is 11.5. The van der Waals surface area contributed by atoms with Gasteiger partial charge in [0.15, 0.2) is 0 Å². The Balaban J connectivity index is 1.91. The number of allylic oxidation sites excluding steroid dienone is 1. The van der Waals surface area contributed by atoms with Gasteiger partial charge >= 0.3 is 11.9 Å². The minimum absolute atomic E-state index is 0.115. The highest BCUT2D eigenvalue weighted by Gasteiger charge is 2.42. The van der Waals surface area contributed by atoms with E-state index in [1.54, 1.807) is 30.3 Å². The number of sulfonamides is 1. The average Bonchev–Trinajstić information content (AvgIpc) is 2.81. The van der Waals surface area contributed by atoms with Gasteiger partial charge in [0, 0.05) is 11.6 Å². The standard InChI is InChI=1S/C24H23NO6S/c1-15-8-10-17(11-9-15)32(28,29)25-14-16-6-4-5-7-18(16)19-12-20(23(26)30-2)21(13-22(19)25)24(27)31-3/h4-13,19,21H,14H2,1-3H3. The van der Waals surface area contributed by atoms with Crippen LogP contribution in [0, 0.1) is 12.8 Å². The molecule has 2 aromatic rings. The van der Waals surface area contributed by atoms with E-state index in [1.807, 2.05) is 31.2 Å². The van der Waals surface area contributed by atoms with Crippen molar-refractivity contribution in [3.8, 4) is 0 Å². The number of aryl methyl sites for hydroxylation is 1. The second-order valence-electron chi connectivity index (χ2n) is 7.71. The monoisotopic (exact) mass is 453 g/mol. The van der Waals surface area contributed by atoms with E-state index in [4.69, 9.17) is 9.47 Å². The van der Waals surface area contributed by atoms with Gasteiger partial charge in [0.1, 0.15) is 5.92 Å². The molecule has 0 saturated heterocycles. The van der Waals surface area contributed by atoms with Crippen molar-refractivity contribution >= 4 is 22.0 Å². The predicted molar refractivity (Wildman–Crippen MR) is 117 cm³/mol. The van der Waals surface area contributed by atoms with E-state index in [0.717, 1.165) is 16.7 Å². The van der Waals surface area contributed by atoms with Crippen molar-refractivity contribution in [3.63, 3.8) is 0 Å². The number of fused-ring (bicyclic) bond motifs is 3. The van der Waals surface area contributed by atoms with Crippen molar-refractivity contribution in [2.75, 3.05) is 14.2 Å². The van der Waals surface area contributed by atoms with Gasteiger partial charge in [-0.3, -0.25) is 9.10 Å². The normalized spacial score (nSPS) is 19.8.